The molecule has 3 aromatic rings. The standard InChI is InChI=1S/C19H17FN2O2S/c20-16-11-9-15(10-12-16)18(19-8-4-5-13-21-19)14-22-25(23,24)17-6-2-1-3-7-17/h1-13,18,22H,14H2. The van der Waals surface area contributed by atoms with Gasteiger partial charge in [0, 0.05) is 24.4 Å². The van der Waals surface area contributed by atoms with Gasteiger partial charge in [0.25, 0.3) is 0 Å². The maximum atomic E-state index is 13.2. The Balaban J connectivity index is 1.87. The van der Waals surface area contributed by atoms with E-state index in [0.717, 1.165) is 5.56 Å². The van der Waals surface area contributed by atoms with Crippen molar-refractivity contribution in [3.63, 3.8) is 0 Å². The fourth-order valence-corrected chi connectivity index (χ4v) is 3.61. The van der Waals surface area contributed by atoms with Crippen LogP contribution < -0.4 is 4.72 Å². The molecule has 0 spiro atoms. The molecule has 0 saturated heterocycles. The van der Waals surface area contributed by atoms with Crippen LogP contribution in [0.2, 0.25) is 0 Å². The Labute approximate surface area is 146 Å². The van der Waals surface area contributed by atoms with Crippen LogP contribution in [0.15, 0.2) is 83.9 Å². The third-order valence-electron chi connectivity index (χ3n) is 3.85. The molecular weight excluding hydrogens is 339 g/mol. The van der Waals surface area contributed by atoms with Crippen molar-refractivity contribution in [3.05, 3.63) is 96.1 Å². The van der Waals surface area contributed by atoms with E-state index < -0.39 is 10.0 Å². The van der Waals surface area contributed by atoms with E-state index in [1.54, 1.807) is 42.6 Å². The van der Waals surface area contributed by atoms with Crippen LogP contribution in [0.3, 0.4) is 0 Å². The minimum atomic E-state index is -3.63. The van der Waals surface area contributed by atoms with E-state index in [9.17, 15) is 12.8 Å². The number of hydrogen-bond acceptors (Lipinski definition) is 3. The number of benzene rings is 2. The summed E-state index contributed by atoms with van der Waals surface area (Å²) in [5, 5.41) is 0. The van der Waals surface area contributed by atoms with Gasteiger partial charge in [0.05, 0.1) is 4.90 Å². The average Bonchev–Trinajstić information content (AvgIpc) is 2.65. The highest BCUT2D eigenvalue weighted by atomic mass is 32.2. The number of aromatic nitrogens is 1. The van der Waals surface area contributed by atoms with Gasteiger partial charge < -0.3 is 0 Å². The van der Waals surface area contributed by atoms with E-state index in [0.29, 0.717) is 5.69 Å². The summed E-state index contributed by atoms with van der Waals surface area (Å²) in [7, 11) is -3.63. The number of nitrogens with zero attached hydrogens (tertiary/aromatic N) is 1. The maximum absolute atomic E-state index is 13.2. The average molecular weight is 356 g/mol. The van der Waals surface area contributed by atoms with Gasteiger partial charge in [-0.25, -0.2) is 17.5 Å². The molecule has 1 N–H and O–H groups in total. The van der Waals surface area contributed by atoms with Crippen LogP contribution >= 0.6 is 0 Å². The van der Waals surface area contributed by atoms with Gasteiger partial charge in [-0.1, -0.05) is 36.4 Å². The first-order chi connectivity index (χ1) is 12.1. The lowest BCUT2D eigenvalue weighted by molar-refractivity contribution is 0.576. The first-order valence-electron chi connectivity index (χ1n) is 7.77. The number of pyridine rings is 1. The summed E-state index contributed by atoms with van der Waals surface area (Å²) in [6, 6.07) is 19.6. The molecule has 3 rings (SSSR count). The van der Waals surface area contributed by atoms with Crippen molar-refractivity contribution in [3.8, 4) is 0 Å². The fraction of sp³-hybridized carbons (Fsp3) is 0.105. The van der Waals surface area contributed by atoms with E-state index in [4.69, 9.17) is 0 Å². The molecule has 0 amide bonds. The first-order valence-corrected chi connectivity index (χ1v) is 9.26. The highest BCUT2D eigenvalue weighted by molar-refractivity contribution is 7.89. The molecule has 0 radical (unpaired) electrons. The highest BCUT2D eigenvalue weighted by Gasteiger charge is 2.20. The number of hydrogen-bond donors (Lipinski definition) is 1. The van der Waals surface area contributed by atoms with Crippen molar-refractivity contribution in [2.45, 2.75) is 10.8 Å². The maximum Gasteiger partial charge on any atom is 0.240 e. The summed E-state index contributed by atoms with van der Waals surface area (Å²) >= 11 is 0. The van der Waals surface area contributed by atoms with E-state index in [2.05, 4.69) is 9.71 Å². The third kappa shape index (κ3) is 4.29. The quantitative estimate of drug-likeness (QED) is 0.737. The molecule has 1 aromatic heterocycles. The second-order valence-electron chi connectivity index (χ2n) is 5.52. The smallest absolute Gasteiger partial charge is 0.240 e. The van der Waals surface area contributed by atoms with Gasteiger partial charge in [0.2, 0.25) is 10.0 Å². The molecule has 0 aliphatic rings. The van der Waals surface area contributed by atoms with Crippen molar-refractivity contribution >= 4 is 10.0 Å². The topological polar surface area (TPSA) is 59.1 Å². The number of sulfonamides is 1. The minimum absolute atomic E-state index is 0.125. The minimum Gasteiger partial charge on any atom is -0.261 e. The Hall–Kier alpha value is -2.57. The zero-order valence-electron chi connectivity index (χ0n) is 13.3. The summed E-state index contributed by atoms with van der Waals surface area (Å²) in [4.78, 5) is 4.53. The predicted molar refractivity (Wildman–Crippen MR) is 94.1 cm³/mol. The SMILES string of the molecule is O=S(=O)(NCC(c1ccc(F)cc1)c1ccccn1)c1ccccc1. The van der Waals surface area contributed by atoms with Gasteiger partial charge >= 0.3 is 0 Å². The molecule has 6 heteroatoms. The van der Waals surface area contributed by atoms with Gasteiger partial charge in [-0.2, -0.15) is 0 Å². The summed E-state index contributed by atoms with van der Waals surface area (Å²) in [5.41, 5.74) is 1.50. The lowest BCUT2D eigenvalue weighted by Crippen LogP contribution is -2.29. The highest BCUT2D eigenvalue weighted by Crippen LogP contribution is 2.23. The van der Waals surface area contributed by atoms with E-state index in [1.807, 2.05) is 12.1 Å². The zero-order valence-corrected chi connectivity index (χ0v) is 14.2. The van der Waals surface area contributed by atoms with Crippen molar-refractivity contribution < 1.29 is 12.8 Å². The Morgan fingerprint density at radius 2 is 1.60 bits per heavy atom. The summed E-state index contributed by atoms with van der Waals surface area (Å²) < 4.78 is 40.8. The summed E-state index contributed by atoms with van der Waals surface area (Å²) in [6.45, 7) is 0.125. The van der Waals surface area contributed by atoms with Gasteiger partial charge in [-0.05, 0) is 42.0 Å². The van der Waals surface area contributed by atoms with Gasteiger partial charge in [-0.15, -0.1) is 0 Å². The van der Waals surface area contributed by atoms with Crippen LogP contribution in [-0.2, 0) is 10.0 Å². The normalized spacial score (nSPS) is 12.7. The molecule has 25 heavy (non-hydrogen) atoms. The Kier molecular flexibility index (Phi) is 5.21. The van der Waals surface area contributed by atoms with Crippen LogP contribution in [0.25, 0.3) is 0 Å². The largest absolute Gasteiger partial charge is 0.261 e. The van der Waals surface area contributed by atoms with E-state index in [-0.39, 0.29) is 23.2 Å². The van der Waals surface area contributed by atoms with Crippen LogP contribution in [0.1, 0.15) is 17.2 Å². The molecule has 0 saturated carbocycles. The molecule has 4 nitrogen and oxygen atoms in total. The van der Waals surface area contributed by atoms with Crippen LogP contribution in [-0.4, -0.2) is 19.9 Å². The molecular formula is C19H17FN2O2S. The van der Waals surface area contributed by atoms with Crippen molar-refractivity contribution in [2.24, 2.45) is 0 Å². The molecule has 1 atom stereocenters. The van der Waals surface area contributed by atoms with Crippen molar-refractivity contribution in [1.82, 2.24) is 9.71 Å². The summed E-state index contributed by atoms with van der Waals surface area (Å²) in [5.74, 6) is -0.659. The first kappa shape index (κ1) is 17.3. The van der Waals surface area contributed by atoms with Crippen LogP contribution in [0.5, 0.6) is 0 Å². The lowest BCUT2D eigenvalue weighted by Gasteiger charge is -2.18. The molecule has 0 fully saturated rings. The van der Waals surface area contributed by atoms with E-state index in [1.165, 1.54) is 24.3 Å². The molecule has 0 aliphatic heterocycles. The van der Waals surface area contributed by atoms with E-state index >= 15 is 0 Å². The fourth-order valence-electron chi connectivity index (χ4n) is 2.55. The van der Waals surface area contributed by atoms with Gasteiger partial charge in [0.15, 0.2) is 0 Å². The Bertz CT molecular complexity index is 915. The van der Waals surface area contributed by atoms with Crippen molar-refractivity contribution in [1.29, 1.82) is 0 Å². The monoisotopic (exact) mass is 356 g/mol. The number of halogens is 1. The third-order valence-corrected chi connectivity index (χ3v) is 5.29. The van der Waals surface area contributed by atoms with Gasteiger partial charge in [0.1, 0.15) is 5.82 Å². The van der Waals surface area contributed by atoms with Gasteiger partial charge in [-0.3, -0.25) is 4.98 Å². The Morgan fingerprint density at radius 1 is 0.920 bits per heavy atom. The van der Waals surface area contributed by atoms with Crippen LogP contribution in [0, 0.1) is 5.82 Å². The predicted octanol–water partition coefficient (Wildman–Crippen LogP) is 3.33. The summed E-state index contributed by atoms with van der Waals surface area (Å²) in [6.07, 6.45) is 1.65. The lowest BCUT2D eigenvalue weighted by atomic mass is 9.95. The molecule has 128 valence electrons. The molecule has 1 heterocycles. The van der Waals surface area contributed by atoms with Crippen LogP contribution in [0.4, 0.5) is 4.39 Å². The Morgan fingerprint density at radius 3 is 2.24 bits per heavy atom. The van der Waals surface area contributed by atoms with Crippen molar-refractivity contribution in [2.75, 3.05) is 6.54 Å². The second kappa shape index (κ2) is 7.55. The molecule has 1 unspecified atom stereocenters. The number of nitrogens with one attached hydrogen (secondary N) is 1. The zero-order chi connectivity index (χ0) is 17.7. The molecule has 0 aliphatic carbocycles. The molecule has 0 bridgehead atoms. The second-order valence-corrected chi connectivity index (χ2v) is 7.29. The number of rotatable bonds is 6. The molecule has 2 aromatic carbocycles.